The van der Waals surface area contributed by atoms with E-state index in [0.29, 0.717) is 24.9 Å². The van der Waals surface area contributed by atoms with E-state index in [0.717, 1.165) is 30.8 Å². The average molecular weight is 349 g/mol. The van der Waals surface area contributed by atoms with Gasteiger partial charge in [-0.15, -0.1) is 19.0 Å². The molecule has 5 aliphatic heterocycles. The minimum atomic E-state index is -0.921. The van der Waals surface area contributed by atoms with Gasteiger partial charge in [-0.25, -0.2) is 0 Å². The number of benzene rings is 1. The summed E-state index contributed by atoms with van der Waals surface area (Å²) in [5, 5.41) is 15.2. The lowest BCUT2D eigenvalue weighted by Crippen LogP contribution is -2.68. The Balaban J connectivity index is 0.00000146. The molecule has 1 aromatic carbocycles. The highest BCUT2D eigenvalue weighted by atomic mass is 35.5. The van der Waals surface area contributed by atoms with Crippen molar-refractivity contribution in [3.63, 3.8) is 0 Å². The largest absolute Gasteiger partial charge is 0.380 e. The Labute approximate surface area is 149 Å². The third-order valence-electron chi connectivity index (χ3n) is 6.68. The third kappa shape index (κ3) is 1.86. The van der Waals surface area contributed by atoms with Gasteiger partial charge in [0.25, 0.3) is 0 Å². The summed E-state index contributed by atoms with van der Waals surface area (Å²) in [5.74, 6) is 1.24. The third-order valence-corrected chi connectivity index (χ3v) is 6.68. The molecule has 0 aliphatic carbocycles. The van der Waals surface area contributed by atoms with Crippen LogP contribution in [0, 0.1) is 11.8 Å². The van der Waals surface area contributed by atoms with Crippen LogP contribution >= 0.6 is 12.4 Å². The molecule has 0 radical (unpaired) electrons. The summed E-state index contributed by atoms with van der Waals surface area (Å²) < 4.78 is 6.28. The predicted molar refractivity (Wildman–Crippen MR) is 96.3 cm³/mol. The molecular formula is C19H25ClN2O2. The first-order valence-electron chi connectivity index (χ1n) is 8.78. The molecule has 4 fully saturated rings. The fraction of sp³-hybridized carbons (Fsp3) is 0.579. The van der Waals surface area contributed by atoms with Crippen LogP contribution in [0.15, 0.2) is 36.9 Å². The summed E-state index contributed by atoms with van der Waals surface area (Å²) >= 11 is 0. The van der Waals surface area contributed by atoms with Gasteiger partial charge in [0.05, 0.1) is 12.6 Å². The fourth-order valence-electron chi connectivity index (χ4n) is 5.51. The molecule has 5 heteroatoms. The average Bonchev–Trinajstić information content (AvgIpc) is 3.05. The SMILES string of the molecule is C=C[C@H]1C[N@]2CC[C@H]1C[C@H]2C12Nc3ccccc3C1(O)CCO2.Cl. The Kier molecular flexibility index (Phi) is 3.73. The van der Waals surface area contributed by atoms with Gasteiger partial charge in [0.15, 0.2) is 5.72 Å². The number of nitrogens with one attached hydrogen (secondary N) is 1. The van der Waals surface area contributed by atoms with E-state index in [1.165, 1.54) is 6.42 Å². The second-order valence-corrected chi connectivity index (χ2v) is 7.56. The standard InChI is InChI=1S/C19H24N2O2.ClH/c1-2-13-12-21-9-7-14(13)11-17(21)19-18(22,8-10-23-19)15-5-3-4-6-16(15)20-19;/h2-6,13-14,17,20,22H,1,7-12H2;1H/t13-,14-,17-,18?,19?;/m0./s1. The van der Waals surface area contributed by atoms with Crippen LogP contribution in [0.5, 0.6) is 0 Å². The van der Waals surface area contributed by atoms with Gasteiger partial charge in [0.1, 0.15) is 5.60 Å². The number of piperidine rings is 3. The molecule has 4 saturated heterocycles. The van der Waals surface area contributed by atoms with Gasteiger partial charge in [-0.3, -0.25) is 4.90 Å². The Morgan fingerprint density at radius 3 is 2.96 bits per heavy atom. The molecule has 2 bridgehead atoms. The number of fused-ring (bicyclic) bond motifs is 7. The molecule has 6 rings (SSSR count). The summed E-state index contributed by atoms with van der Waals surface area (Å²) in [7, 11) is 0. The van der Waals surface area contributed by atoms with Crippen molar-refractivity contribution in [3.8, 4) is 0 Å². The van der Waals surface area contributed by atoms with Crippen molar-refractivity contribution in [1.29, 1.82) is 0 Å². The van der Waals surface area contributed by atoms with E-state index in [4.69, 9.17) is 4.74 Å². The van der Waals surface area contributed by atoms with Crippen molar-refractivity contribution >= 4 is 18.1 Å². The van der Waals surface area contributed by atoms with Gasteiger partial charge in [-0.05, 0) is 37.3 Å². The number of rotatable bonds is 2. The van der Waals surface area contributed by atoms with Crippen LogP contribution in [0.1, 0.15) is 24.8 Å². The second-order valence-electron chi connectivity index (χ2n) is 7.56. The molecule has 0 aromatic heterocycles. The van der Waals surface area contributed by atoms with Gasteiger partial charge in [-0.2, -0.15) is 0 Å². The minimum Gasteiger partial charge on any atom is -0.380 e. The maximum Gasteiger partial charge on any atom is 0.187 e. The van der Waals surface area contributed by atoms with Crippen molar-refractivity contribution in [2.75, 3.05) is 25.0 Å². The summed E-state index contributed by atoms with van der Waals surface area (Å²) in [6.45, 7) is 6.76. The monoisotopic (exact) mass is 348 g/mol. The normalized spacial score (nSPS) is 45.0. The topological polar surface area (TPSA) is 44.7 Å². The number of ether oxygens (including phenoxy) is 1. The summed E-state index contributed by atoms with van der Waals surface area (Å²) in [4.78, 5) is 2.52. The molecule has 5 aliphatic rings. The smallest absolute Gasteiger partial charge is 0.187 e. The molecule has 0 saturated carbocycles. The fourth-order valence-corrected chi connectivity index (χ4v) is 5.51. The number of nitrogens with zero attached hydrogens (tertiary/aromatic N) is 1. The summed E-state index contributed by atoms with van der Waals surface area (Å²) in [6.07, 6.45) is 5.08. The second kappa shape index (κ2) is 5.46. The first-order valence-corrected chi connectivity index (χ1v) is 8.78. The molecule has 24 heavy (non-hydrogen) atoms. The van der Waals surface area contributed by atoms with Crippen LogP contribution in [-0.2, 0) is 10.3 Å². The van der Waals surface area contributed by atoms with E-state index in [1.54, 1.807) is 0 Å². The highest BCUT2D eigenvalue weighted by Crippen LogP contribution is 2.57. The van der Waals surface area contributed by atoms with Gasteiger partial charge in [0.2, 0.25) is 0 Å². The van der Waals surface area contributed by atoms with E-state index in [2.05, 4.69) is 28.9 Å². The van der Waals surface area contributed by atoms with Crippen LogP contribution in [0.3, 0.4) is 0 Å². The zero-order chi connectivity index (χ0) is 15.7. The summed E-state index contributed by atoms with van der Waals surface area (Å²) in [6, 6.07) is 8.35. The van der Waals surface area contributed by atoms with Crippen molar-refractivity contribution in [1.82, 2.24) is 4.90 Å². The van der Waals surface area contributed by atoms with Crippen LogP contribution in [0.2, 0.25) is 0 Å². The molecular weight excluding hydrogens is 324 g/mol. The summed E-state index contributed by atoms with van der Waals surface area (Å²) in [5.41, 5.74) is 0.412. The first-order chi connectivity index (χ1) is 11.2. The zero-order valence-corrected chi connectivity index (χ0v) is 14.6. The van der Waals surface area contributed by atoms with E-state index in [-0.39, 0.29) is 18.4 Å². The van der Waals surface area contributed by atoms with Crippen molar-refractivity contribution in [2.24, 2.45) is 11.8 Å². The lowest BCUT2D eigenvalue weighted by atomic mass is 9.70. The minimum absolute atomic E-state index is 0. The van der Waals surface area contributed by atoms with E-state index < -0.39 is 11.3 Å². The molecule has 130 valence electrons. The van der Waals surface area contributed by atoms with Crippen LogP contribution < -0.4 is 5.32 Å². The predicted octanol–water partition coefficient (Wildman–Crippen LogP) is 2.73. The number of hydrogen-bond acceptors (Lipinski definition) is 4. The molecule has 6 atom stereocenters. The number of anilines is 1. The van der Waals surface area contributed by atoms with Gasteiger partial charge in [0, 0.05) is 24.2 Å². The molecule has 4 nitrogen and oxygen atoms in total. The van der Waals surface area contributed by atoms with E-state index >= 15 is 0 Å². The first kappa shape index (κ1) is 16.4. The van der Waals surface area contributed by atoms with Gasteiger partial charge in [-0.1, -0.05) is 24.3 Å². The maximum absolute atomic E-state index is 11.6. The van der Waals surface area contributed by atoms with Crippen LogP contribution in [-0.4, -0.2) is 41.5 Å². The van der Waals surface area contributed by atoms with Crippen LogP contribution in [0.25, 0.3) is 0 Å². The Bertz CT molecular complexity index is 669. The van der Waals surface area contributed by atoms with E-state index in [9.17, 15) is 5.11 Å². The number of halogens is 1. The number of para-hydroxylation sites is 1. The van der Waals surface area contributed by atoms with E-state index in [1.807, 2.05) is 18.2 Å². The molecule has 2 unspecified atom stereocenters. The number of hydrogen-bond donors (Lipinski definition) is 2. The molecule has 0 amide bonds. The lowest BCUT2D eigenvalue weighted by Gasteiger charge is -2.55. The Hall–Kier alpha value is -1.07. The van der Waals surface area contributed by atoms with Crippen molar-refractivity contribution < 1.29 is 9.84 Å². The van der Waals surface area contributed by atoms with Gasteiger partial charge < -0.3 is 15.2 Å². The Morgan fingerprint density at radius 2 is 2.21 bits per heavy atom. The molecule has 0 spiro atoms. The molecule has 1 aromatic rings. The molecule has 5 heterocycles. The zero-order valence-electron chi connectivity index (χ0n) is 13.8. The van der Waals surface area contributed by atoms with Crippen molar-refractivity contribution in [2.45, 2.75) is 36.6 Å². The van der Waals surface area contributed by atoms with Crippen molar-refractivity contribution in [3.05, 3.63) is 42.5 Å². The quantitative estimate of drug-likeness (QED) is 0.807. The molecule has 2 N–H and O–H groups in total. The Morgan fingerprint density at radius 1 is 1.38 bits per heavy atom. The number of aliphatic hydroxyl groups is 1. The van der Waals surface area contributed by atoms with Crippen LogP contribution in [0.4, 0.5) is 5.69 Å². The lowest BCUT2D eigenvalue weighted by molar-refractivity contribution is -0.168. The maximum atomic E-state index is 11.6. The highest BCUT2D eigenvalue weighted by Gasteiger charge is 2.67. The highest BCUT2D eigenvalue weighted by molar-refractivity contribution is 5.85. The van der Waals surface area contributed by atoms with Gasteiger partial charge >= 0.3 is 0 Å².